The molecule has 0 aliphatic heterocycles. The van der Waals surface area contributed by atoms with Gasteiger partial charge in [0, 0.05) is 16.8 Å². The number of hydrogen-bond acceptors (Lipinski definition) is 3. The van der Waals surface area contributed by atoms with E-state index in [1.165, 1.54) is 30.0 Å². The molecule has 0 atom stereocenters. The molecular formula is C13H10FNO2S. The predicted octanol–water partition coefficient (Wildman–Crippen LogP) is 3.21. The third kappa shape index (κ3) is 3.07. The first-order valence-electron chi connectivity index (χ1n) is 5.22. The second kappa shape index (κ2) is 5.64. The average molecular weight is 263 g/mol. The van der Waals surface area contributed by atoms with Crippen LogP contribution < -0.4 is 0 Å². The van der Waals surface area contributed by atoms with Crippen LogP contribution in [0.1, 0.15) is 16.1 Å². The van der Waals surface area contributed by atoms with Crippen molar-refractivity contribution in [1.82, 2.24) is 4.98 Å². The van der Waals surface area contributed by atoms with Gasteiger partial charge in [-0.25, -0.2) is 9.18 Å². The molecule has 1 N–H and O–H groups in total. The Morgan fingerprint density at radius 2 is 2.00 bits per heavy atom. The van der Waals surface area contributed by atoms with E-state index in [9.17, 15) is 9.18 Å². The minimum Gasteiger partial charge on any atom is -0.478 e. The molecule has 0 amide bonds. The minimum absolute atomic E-state index is 0.201. The minimum atomic E-state index is -0.988. The summed E-state index contributed by atoms with van der Waals surface area (Å²) in [5.74, 6) is -0.838. The Morgan fingerprint density at radius 1 is 1.28 bits per heavy atom. The van der Waals surface area contributed by atoms with E-state index in [1.807, 2.05) is 0 Å². The van der Waals surface area contributed by atoms with Crippen LogP contribution in [0.3, 0.4) is 0 Å². The Morgan fingerprint density at radius 3 is 2.67 bits per heavy atom. The maximum absolute atomic E-state index is 12.7. The molecule has 0 fully saturated rings. The van der Waals surface area contributed by atoms with Crippen LogP contribution in [0.2, 0.25) is 0 Å². The monoisotopic (exact) mass is 263 g/mol. The molecule has 18 heavy (non-hydrogen) atoms. The van der Waals surface area contributed by atoms with Gasteiger partial charge in [0.15, 0.2) is 0 Å². The van der Waals surface area contributed by atoms with Crippen LogP contribution in [-0.2, 0) is 5.75 Å². The van der Waals surface area contributed by atoms with Crippen molar-refractivity contribution in [2.75, 3.05) is 0 Å². The second-order valence-corrected chi connectivity index (χ2v) is 4.59. The van der Waals surface area contributed by atoms with E-state index in [-0.39, 0.29) is 11.4 Å². The number of aromatic nitrogens is 1. The van der Waals surface area contributed by atoms with E-state index in [0.717, 1.165) is 4.90 Å². The zero-order valence-corrected chi connectivity index (χ0v) is 10.2. The smallest absolute Gasteiger partial charge is 0.337 e. The summed E-state index contributed by atoms with van der Waals surface area (Å²) in [5.41, 5.74) is 0.714. The van der Waals surface area contributed by atoms with Crippen molar-refractivity contribution in [3.05, 3.63) is 59.7 Å². The van der Waals surface area contributed by atoms with Crippen molar-refractivity contribution in [3.8, 4) is 0 Å². The highest BCUT2D eigenvalue weighted by molar-refractivity contribution is 7.98. The van der Waals surface area contributed by atoms with Crippen LogP contribution in [0.25, 0.3) is 0 Å². The maximum atomic E-state index is 12.7. The van der Waals surface area contributed by atoms with Crippen LogP contribution in [0.5, 0.6) is 0 Å². The highest BCUT2D eigenvalue weighted by atomic mass is 32.2. The normalized spacial score (nSPS) is 10.3. The Hall–Kier alpha value is -1.88. The molecule has 0 saturated carbocycles. The van der Waals surface area contributed by atoms with Gasteiger partial charge in [-0.3, -0.25) is 4.98 Å². The van der Waals surface area contributed by atoms with Crippen LogP contribution in [0.15, 0.2) is 47.5 Å². The van der Waals surface area contributed by atoms with Crippen molar-refractivity contribution >= 4 is 17.7 Å². The number of carboxylic acid groups (broad SMARTS) is 1. The lowest BCUT2D eigenvalue weighted by Gasteiger charge is -2.04. The van der Waals surface area contributed by atoms with E-state index < -0.39 is 5.97 Å². The summed E-state index contributed by atoms with van der Waals surface area (Å²) >= 11 is 1.42. The molecule has 0 aliphatic carbocycles. The van der Waals surface area contributed by atoms with Gasteiger partial charge >= 0.3 is 5.97 Å². The molecule has 0 spiro atoms. The molecule has 5 heteroatoms. The van der Waals surface area contributed by atoms with E-state index in [0.29, 0.717) is 11.4 Å². The summed E-state index contributed by atoms with van der Waals surface area (Å²) in [6.07, 6.45) is 1.56. The van der Waals surface area contributed by atoms with Crippen molar-refractivity contribution in [2.24, 2.45) is 0 Å². The van der Waals surface area contributed by atoms with Crippen LogP contribution >= 0.6 is 11.8 Å². The topological polar surface area (TPSA) is 50.2 Å². The molecule has 3 nitrogen and oxygen atoms in total. The van der Waals surface area contributed by atoms with Crippen molar-refractivity contribution in [1.29, 1.82) is 0 Å². The SMILES string of the molecule is O=C(O)c1cccnc1CSc1ccc(F)cc1. The first-order valence-corrected chi connectivity index (χ1v) is 6.21. The number of pyridine rings is 1. The van der Waals surface area contributed by atoms with E-state index in [4.69, 9.17) is 5.11 Å². The average Bonchev–Trinajstić information content (AvgIpc) is 2.38. The Balaban J connectivity index is 2.10. The summed E-state index contributed by atoms with van der Waals surface area (Å²) in [5, 5.41) is 9.00. The summed E-state index contributed by atoms with van der Waals surface area (Å²) in [6.45, 7) is 0. The van der Waals surface area contributed by atoms with Gasteiger partial charge in [-0.1, -0.05) is 0 Å². The van der Waals surface area contributed by atoms with Crippen LogP contribution in [-0.4, -0.2) is 16.1 Å². The zero-order chi connectivity index (χ0) is 13.0. The number of benzene rings is 1. The number of carboxylic acids is 1. The molecule has 1 aromatic heterocycles. The molecule has 0 saturated heterocycles. The Bertz CT molecular complexity index is 557. The standard InChI is InChI=1S/C13H10FNO2S/c14-9-3-5-10(6-4-9)18-8-12-11(13(16)17)2-1-7-15-12/h1-7H,8H2,(H,16,17). The van der Waals surface area contributed by atoms with Gasteiger partial charge in [-0.05, 0) is 36.4 Å². The van der Waals surface area contributed by atoms with Crippen LogP contribution in [0.4, 0.5) is 4.39 Å². The molecule has 0 aliphatic rings. The van der Waals surface area contributed by atoms with Gasteiger partial charge < -0.3 is 5.11 Å². The molecular weight excluding hydrogens is 253 g/mol. The summed E-state index contributed by atoms with van der Waals surface area (Å²) in [6, 6.07) is 9.18. The number of thioether (sulfide) groups is 1. The first kappa shape index (κ1) is 12.6. The molecule has 2 rings (SSSR count). The highest BCUT2D eigenvalue weighted by Gasteiger charge is 2.10. The van der Waals surface area contributed by atoms with Gasteiger partial charge in [0.05, 0.1) is 11.3 Å². The fourth-order valence-electron chi connectivity index (χ4n) is 1.43. The lowest BCUT2D eigenvalue weighted by molar-refractivity contribution is 0.0695. The van der Waals surface area contributed by atoms with Gasteiger partial charge in [0.25, 0.3) is 0 Å². The van der Waals surface area contributed by atoms with Crippen molar-refractivity contribution in [3.63, 3.8) is 0 Å². The van der Waals surface area contributed by atoms with Gasteiger partial charge in [0.1, 0.15) is 5.82 Å². The third-order valence-corrected chi connectivity index (χ3v) is 3.33. The van der Waals surface area contributed by atoms with E-state index in [2.05, 4.69) is 4.98 Å². The molecule has 0 bridgehead atoms. The maximum Gasteiger partial charge on any atom is 0.337 e. The molecule has 92 valence electrons. The van der Waals surface area contributed by atoms with Gasteiger partial charge in [-0.2, -0.15) is 0 Å². The summed E-state index contributed by atoms with van der Waals surface area (Å²) < 4.78 is 12.7. The molecule has 1 aromatic carbocycles. The van der Waals surface area contributed by atoms with E-state index in [1.54, 1.807) is 24.4 Å². The second-order valence-electron chi connectivity index (χ2n) is 3.55. The number of nitrogens with zero attached hydrogens (tertiary/aromatic N) is 1. The molecule has 0 radical (unpaired) electrons. The number of aromatic carboxylic acids is 1. The Labute approximate surface area is 108 Å². The number of hydrogen-bond donors (Lipinski definition) is 1. The van der Waals surface area contributed by atoms with Gasteiger partial charge in [0.2, 0.25) is 0 Å². The molecule has 0 unspecified atom stereocenters. The third-order valence-electron chi connectivity index (χ3n) is 2.31. The van der Waals surface area contributed by atoms with Gasteiger partial charge in [-0.15, -0.1) is 11.8 Å². The molecule has 2 aromatic rings. The van der Waals surface area contributed by atoms with Crippen molar-refractivity contribution in [2.45, 2.75) is 10.6 Å². The number of rotatable bonds is 4. The van der Waals surface area contributed by atoms with Crippen LogP contribution in [0, 0.1) is 5.82 Å². The first-order chi connectivity index (χ1) is 8.66. The largest absolute Gasteiger partial charge is 0.478 e. The van der Waals surface area contributed by atoms with Crippen molar-refractivity contribution < 1.29 is 14.3 Å². The summed E-state index contributed by atoms with van der Waals surface area (Å²) in [4.78, 5) is 15.9. The number of halogens is 1. The Kier molecular flexibility index (Phi) is 3.94. The predicted molar refractivity (Wildman–Crippen MR) is 67.2 cm³/mol. The number of carbonyl (C=O) groups is 1. The van der Waals surface area contributed by atoms with E-state index >= 15 is 0 Å². The fourth-order valence-corrected chi connectivity index (χ4v) is 2.29. The lowest BCUT2D eigenvalue weighted by atomic mass is 10.2. The summed E-state index contributed by atoms with van der Waals surface area (Å²) in [7, 11) is 0. The zero-order valence-electron chi connectivity index (χ0n) is 9.34. The fraction of sp³-hybridized carbons (Fsp3) is 0.0769. The highest BCUT2D eigenvalue weighted by Crippen LogP contribution is 2.23. The lowest BCUT2D eigenvalue weighted by Crippen LogP contribution is -2.03. The molecule has 1 heterocycles. The quantitative estimate of drug-likeness (QED) is 0.860.